The van der Waals surface area contributed by atoms with Crippen molar-refractivity contribution in [2.45, 2.75) is 13.0 Å². The van der Waals surface area contributed by atoms with Crippen molar-refractivity contribution in [1.82, 2.24) is 4.57 Å². The average molecular weight is 303 g/mol. The summed E-state index contributed by atoms with van der Waals surface area (Å²) in [6.07, 6.45) is 2.76. The van der Waals surface area contributed by atoms with Crippen LogP contribution in [0.15, 0.2) is 48.7 Å². The third kappa shape index (κ3) is 2.67. The summed E-state index contributed by atoms with van der Waals surface area (Å²) in [6.45, 7) is 1.00. The van der Waals surface area contributed by atoms with Gasteiger partial charge in [-0.1, -0.05) is 35.9 Å². The molecule has 1 heterocycles. The maximum atomic E-state index is 14.0. The van der Waals surface area contributed by atoms with Gasteiger partial charge in [0.05, 0.1) is 12.1 Å². The van der Waals surface area contributed by atoms with E-state index in [1.165, 1.54) is 11.6 Å². The molecule has 2 N–H and O–H groups in total. The molecule has 2 nitrogen and oxygen atoms in total. The van der Waals surface area contributed by atoms with E-state index < -0.39 is 0 Å². The monoisotopic (exact) mass is 302 g/mol. The van der Waals surface area contributed by atoms with Crippen molar-refractivity contribution in [1.29, 1.82) is 0 Å². The SMILES string of the molecule is NCCc1cccc2ccn(Cc3c(F)cccc3Cl)c12. The van der Waals surface area contributed by atoms with E-state index in [0.717, 1.165) is 17.3 Å². The van der Waals surface area contributed by atoms with Crippen molar-refractivity contribution in [3.8, 4) is 0 Å². The lowest BCUT2D eigenvalue weighted by Crippen LogP contribution is -2.06. The first-order valence-electron chi connectivity index (χ1n) is 6.90. The van der Waals surface area contributed by atoms with Crippen molar-refractivity contribution in [2.75, 3.05) is 6.54 Å². The number of hydrogen-bond donors (Lipinski definition) is 1. The molecule has 0 fully saturated rings. The van der Waals surface area contributed by atoms with Gasteiger partial charge in [0, 0.05) is 16.8 Å². The fourth-order valence-electron chi connectivity index (χ4n) is 2.68. The van der Waals surface area contributed by atoms with Gasteiger partial charge in [0.1, 0.15) is 5.82 Å². The zero-order valence-corrected chi connectivity index (χ0v) is 12.3. The molecule has 21 heavy (non-hydrogen) atoms. The van der Waals surface area contributed by atoms with Crippen molar-refractivity contribution < 1.29 is 4.39 Å². The molecule has 0 saturated heterocycles. The molecule has 0 aliphatic heterocycles. The van der Waals surface area contributed by atoms with E-state index >= 15 is 0 Å². The fourth-order valence-corrected chi connectivity index (χ4v) is 2.91. The highest BCUT2D eigenvalue weighted by atomic mass is 35.5. The van der Waals surface area contributed by atoms with Gasteiger partial charge < -0.3 is 10.3 Å². The van der Waals surface area contributed by atoms with Crippen molar-refractivity contribution in [3.63, 3.8) is 0 Å². The summed E-state index contributed by atoms with van der Waals surface area (Å²) in [7, 11) is 0. The van der Waals surface area contributed by atoms with Crippen LogP contribution in [0.1, 0.15) is 11.1 Å². The van der Waals surface area contributed by atoms with Crippen molar-refractivity contribution in [3.05, 3.63) is 70.6 Å². The maximum Gasteiger partial charge on any atom is 0.129 e. The fraction of sp³-hybridized carbons (Fsp3) is 0.176. The van der Waals surface area contributed by atoms with Crippen LogP contribution in [0.25, 0.3) is 10.9 Å². The third-order valence-electron chi connectivity index (χ3n) is 3.68. The number of aromatic nitrogens is 1. The molecule has 0 radical (unpaired) electrons. The minimum absolute atomic E-state index is 0.277. The summed E-state index contributed by atoms with van der Waals surface area (Å²) in [6, 6.07) is 12.9. The smallest absolute Gasteiger partial charge is 0.129 e. The predicted molar refractivity (Wildman–Crippen MR) is 85.2 cm³/mol. The first-order chi connectivity index (χ1) is 10.2. The second kappa shape index (κ2) is 5.88. The molecule has 0 unspecified atom stereocenters. The van der Waals surface area contributed by atoms with E-state index in [1.807, 2.05) is 22.9 Å². The number of nitrogens with zero attached hydrogens (tertiary/aromatic N) is 1. The lowest BCUT2D eigenvalue weighted by Gasteiger charge is -2.11. The Balaban J connectivity index is 2.09. The van der Waals surface area contributed by atoms with E-state index in [0.29, 0.717) is 23.7 Å². The van der Waals surface area contributed by atoms with Gasteiger partial charge in [-0.05, 0) is 42.1 Å². The zero-order chi connectivity index (χ0) is 14.8. The van der Waals surface area contributed by atoms with Crippen LogP contribution in [-0.2, 0) is 13.0 Å². The second-order valence-electron chi connectivity index (χ2n) is 5.04. The Morgan fingerprint density at radius 1 is 1.10 bits per heavy atom. The molecule has 2 aromatic carbocycles. The maximum absolute atomic E-state index is 14.0. The quantitative estimate of drug-likeness (QED) is 0.776. The molecule has 0 bridgehead atoms. The van der Waals surface area contributed by atoms with Gasteiger partial charge >= 0.3 is 0 Å². The van der Waals surface area contributed by atoms with Crippen LogP contribution in [0, 0.1) is 5.82 Å². The highest BCUT2D eigenvalue weighted by Crippen LogP contribution is 2.25. The van der Waals surface area contributed by atoms with E-state index in [2.05, 4.69) is 12.1 Å². The highest BCUT2D eigenvalue weighted by molar-refractivity contribution is 6.31. The Morgan fingerprint density at radius 3 is 2.67 bits per heavy atom. The first-order valence-corrected chi connectivity index (χ1v) is 7.28. The number of hydrogen-bond acceptors (Lipinski definition) is 1. The summed E-state index contributed by atoms with van der Waals surface area (Å²) in [5.41, 5.74) is 8.47. The van der Waals surface area contributed by atoms with E-state index in [1.54, 1.807) is 12.1 Å². The lowest BCUT2D eigenvalue weighted by atomic mass is 10.1. The number of fused-ring (bicyclic) bond motifs is 1. The molecule has 0 spiro atoms. The summed E-state index contributed by atoms with van der Waals surface area (Å²) in [4.78, 5) is 0. The molecule has 108 valence electrons. The molecule has 3 aromatic rings. The van der Waals surface area contributed by atoms with Gasteiger partial charge in [-0.15, -0.1) is 0 Å². The second-order valence-corrected chi connectivity index (χ2v) is 5.44. The minimum Gasteiger partial charge on any atom is -0.343 e. The average Bonchev–Trinajstić information content (AvgIpc) is 2.88. The molecule has 0 aliphatic carbocycles. The van der Waals surface area contributed by atoms with E-state index in [4.69, 9.17) is 17.3 Å². The molecule has 0 aliphatic rings. The molecule has 0 atom stereocenters. The molecular weight excluding hydrogens is 287 g/mol. The van der Waals surface area contributed by atoms with E-state index in [-0.39, 0.29) is 5.82 Å². The van der Waals surface area contributed by atoms with Crippen LogP contribution >= 0.6 is 11.6 Å². The van der Waals surface area contributed by atoms with Gasteiger partial charge in [0.2, 0.25) is 0 Å². The Morgan fingerprint density at radius 2 is 1.90 bits per heavy atom. The predicted octanol–water partition coefficient (Wildman–Crippen LogP) is 3.98. The summed E-state index contributed by atoms with van der Waals surface area (Å²) in [5.74, 6) is -0.277. The number of nitrogens with two attached hydrogens (primary N) is 1. The van der Waals surface area contributed by atoms with Gasteiger partial charge in [0.15, 0.2) is 0 Å². The molecule has 0 amide bonds. The number of halogens is 2. The summed E-state index contributed by atoms with van der Waals surface area (Å²) >= 11 is 6.13. The zero-order valence-electron chi connectivity index (χ0n) is 11.5. The van der Waals surface area contributed by atoms with Crippen LogP contribution in [0.3, 0.4) is 0 Å². The third-order valence-corrected chi connectivity index (χ3v) is 4.03. The lowest BCUT2D eigenvalue weighted by molar-refractivity contribution is 0.602. The Kier molecular flexibility index (Phi) is 3.95. The van der Waals surface area contributed by atoms with Gasteiger partial charge in [-0.3, -0.25) is 0 Å². The molecule has 0 saturated carbocycles. The largest absolute Gasteiger partial charge is 0.343 e. The number of benzene rings is 2. The Labute approximate surface area is 127 Å². The number of rotatable bonds is 4. The van der Waals surface area contributed by atoms with Gasteiger partial charge in [-0.2, -0.15) is 0 Å². The highest BCUT2D eigenvalue weighted by Gasteiger charge is 2.11. The van der Waals surface area contributed by atoms with Crippen LogP contribution in [0.2, 0.25) is 5.02 Å². The van der Waals surface area contributed by atoms with Crippen molar-refractivity contribution in [2.24, 2.45) is 5.73 Å². The number of para-hydroxylation sites is 1. The topological polar surface area (TPSA) is 30.9 Å². The molecular formula is C17H16ClFN2. The summed E-state index contributed by atoms with van der Waals surface area (Å²) in [5, 5.41) is 1.58. The minimum atomic E-state index is -0.277. The van der Waals surface area contributed by atoms with E-state index in [9.17, 15) is 4.39 Å². The van der Waals surface area contributed by atoms with Crippen LogP contribution in [0.5, 0.6) is 0 Å². The van der Waals surface area contributed by atoms with Crippen molar-refractivity contribution >= 4 is 22.5 Å². The standard InChI is InChI=1S/C17H16ClFN2/c18-15-5-2-6-16(19)14(15)11-21-10-8-13-4-1-3-12(7-9-20)17(13)21/h1-6,8,10H,7,9,11,20H2. The Hall–Kier alpha value is -1.84. The normalized spacial score (nSPS) is 11.2. The van der Waals surface area contributed by atoms with Gasteiger partial charge in [0.25, 0.3) is 0 Å². The molecule has 1 aromatic heterocycles. The van der Waals surface area contributed by atoms with Crippen LogP contribution < -0.4 is 5.73 Å². The van der Waals surface area contributed by atoms with Crippen LogP contribution in [-0.4, -0.2) is 11.1 Å². The first kappa shape index (κ1) is 14.1. The molecule has 4 heteroatoms. The Bertz CT molecular complexity index is 759. The van der Waals surface area contributed by atoms with Crippen LogP contribution in [0.4, 0.5) is 4.39 Å². The van der Waals surface area contributed by atoms with Gasteiger partial charge in [-0.25, -0.2) is 4.39 Å². The summed E-state index contributed by atoms with van der Waals surface area (Å²) < 4.78 is 16.0. The molecule has 3 rings (SSSR count).